The molecule has 29 heavy (non-hydrogen) atoms. The van der Waals surface area contributed by atoms with Gasteiger partial charge in [0.2, 0.25) is 5.91 Å². The number of aromatic nitrogens is 1. The predicted octanol–water partition coefficient (Wildman–Crippen LogP) is 3.85. The Bertz CT molecular complexity index is 983. The minimum atomic E-state index is 0.178. The maximum atomic E-state index is 12.6. The number of piperidine rings is 1. The number of benzene rings is 2. The van der Waals surface area contributed by atoms with Crippen molar-refractivity contribution in [3.05, 3.63) is 71.4 Å². The molecule has 1 aliphatic heterocycles. The molecule has 1 amide bonds. The number of hydrogen-bond donors (Lipinski definition) is 2. The van der Waals surface area contributed by atoms with Crippen molar-refractivity contribution in [3.63, 3.8) is 0 Å². The van der Waals surface area contributed by atoms with Gasteiger partial charge in [0.1, 0.15) is 0 Å². The number of aryl methyl sites for hydroxylation is 1. The highest BCUT2D eigenvalue weighted by molar-refractivity contribution is 5.84. The number of hydrogen-bond acceptors (Lipinski definition) is 2. The number of nitrogens with one attached hydrogen (secondary N) is 2. The molecule has 1 fully saturated rings. The smallest absolute Gasteiger partial charge is 0.220 e. The molecular formula is C25H29N3O. The number of carbonyl (C=O) groups excluding carboxylic acids is 1. The molecule has 5 rings (SSSR count). The number of likely N-dealkylation sites (tertiary alicyclic amines) is 1. The van der Waals surface area contributed by atoms with Crippen molar-refractivity contribution in [1.29, 1.82) is 0 Å². The molecule has 2 N–H and O–H groups in total. The van der Waals surface area contributed by atoms with E-state index in [-0.39, 0.29) is 11.9 Å². The fraction of sp³-hybridized carbons (Fsp3) is 0.400. The van der Waals surface area contributed by atoms with Crippen LogP contribution in [0, 0.1) is 0 Å². The Morgan fingerprint density at radius 3 is 2.66 bits per heavy atom. The SMILES string of the molecule is O=C(CCc1c[nH]c2ccccc12)NC1CCCN(C2Cc3ccccc3C2)C1. The highest BCUT2D eigenvalue weighted by atomic mass is 16.1. The molecule has 1 aromatic heterocycles. The number of aromatic amines is 1. The fourth-order valence-corrected chi connectivity index (χ4v) is 5.14. The zero-order valence-corrected chi connectivity index (χ0v) is 16.9. The number of para-hydroxylation sites is 1. The Labute approximate surface area is 172 Å². The van der Waals surface area contributed by atoms with Crippen LogP contribution >= 0.6 is 0 Å². The summed E-state index contributed by atoms with van der Waals surface area (Å²) >= 11 is 0. The minimum absolute atomic E-state index is 0.178. The van der Waals surface area contributed by atoms with Gasteiger partial charge in [0.15, 0.2) is 0 Å². The van der Waals surface area contributed by atoms with Gasteiger partial charge < -0.3 is 10.3 Å². The molecular weight excluding hydrogens is 358 g/mol. The number of H-pyrrole nitrogens is 1. The summed E-state index contributed by atoms with van der Waals surface area (Å²) in [7, 11) is 0. The lowest BCUT2D eigenvalue weighted by atomic mass is 10.0. The van der Waals surface area contributed by atoms with Crippen molar-refractivity contribution in [2.75, 3.05) is 13.1 Å². The van der Waals surface area contributed by atoms with Gasteiger partial charge in [-0.3, -0.25) is 9.69 Å². The van der Waals surface area contributed by atoms with Crippen molar-refractivity contribution in [2.24, 2.45) is 0 Å². The minimum Gasteiger partial charge on any atom is -0.361 e. The first kappa shape index (κ1) is 18.4. The molecule has 4 heteroatoms. The van der Waals surface area contributed by atoms with Crippen LogP contribution in [0.5, 0.6) is 0 Å². The van der Waals surface area contributed by atoms with Gasteiger partial charge in [-0.15, -0.1) is 0 Å². The zero-order valence-electron chi connectivity index (χ0n) is 16.9. The van der Waals surface area contributed by atoms with Gasteiger partial charge in [-0.05, 0) is 61.4 Å². The molecule has 2 heterocycles. The molecule has 2 aromatic carbocycles. The maximum absolute atomic E-state index is 12.6. The van der Waals surface area contributed by atoms with E-state index in [0.717, 1.165) is 44.3 Å². The Hall–Kier alpha value is -2.59. The second-order valence-electron chi connectivity index (χ2n) is 8.59. The molecule has 1 unspecified atom stereocenters. The van der Waals surface area contributed by atoms with E-state index in [4.69, 9.17) is 0 Å². The molecule has 0 radical (unpaired) electrons. The number of fused-ring (bicyclic) bond motifs is 2. The first-order chi connectivity index (χ1) is 14.3. The Morgan fingerprint density at radius 1 is 1.07 bits per heavy atom. The summed E-state index contributed by atoms with van der Waals surface area (Å²) in [6.07, 6.45) is 7.93. The quantitative estimate of drug-likeness (QED) is 0.699. The van der Waals surface area contributed by atoms with Crippen LogP contribution in [0.25, 0.3) is 10.9 Å². The van der Waals surface area contributed by atoms with Crippen LogP contribution in [0.1, 0.15) is 36.0 Å². The summed E-state index contributed by atoms with van der Waals surface area (Å²) < 4.78 is 0. The molecule has 0 bridgehead atoms. The van der Waals surface area contributed by atoms with Crippen molar-refractivity contribution in [3.8, 4) is 0 Å². The van der Waals surface area contributed by atoms with Crippen LogP contribution in [0.4, 0.5) is 0 Å². The molecule has 2 aliphatic rings. The van der Waals surface area contributed by atoms with Crippen molar-refractivity contribution >= 4 is 16.8 Å². The third-order valence-corrected chi connectivity index (χ3v) is 6.66. The summed E-state index contributed by atoms with van der Waals surface area (Å²) in [5.41, 5.74) is 5.37. The Kier molecular flexibility index (Phi) is 5.11. The molecule has 150 valence electrons. The van der Waals surface area contributed by atoms with Crippen LogP contribution in [0.3, 0.4) is 0 Å². The van der Waals surface area contributed by atoms with Crippen molar-refractivity contribution < 1.29 is 4.79 Å². The van der Waals surface area contributed by atoms with E-state index in [2.05, 4.69) is 57.7 Å². The Morgan fingerprint density at radius 2 is 1.83 bits per heavy atom. The van der Waals surface area contributed by atoms with Crippen molar-refractivity contribution in [2.45, 2.75) is 50.6 Å². The van der Waals surface area contributed by atoms with Gasteiger partial charge in [0.05, 0.1) is 0 Å². The van der Waals surface area contributed by atoms with Gasteiger partial charge in [-0.2, -0.15) is 0 Å². The van der Waals surface area contributed by atoms with Crippen LogP contribution in [0.15, 0.2) is 54.7 Å². The summed E-state index contributed by atoms with van der Waals surface area (Å²) in [6, 6.07) is 18.0. The highest BCUT2D eigenvalue weighted by Crippen LogP contribution is 2.27. The van der Waals surface area contributed by atoms with Crippen LogP contribution in [0.2, 0.25) is 0 Å². The van der Waals surface area contributed by atoms with Gasteiger partial charge in [-0.25, -0.2) is 0 Å². The molecule has 0 saturated carbocycles. The van der Waals surface area contributed by atoms with Crippen LogP contribution < -0.4 is 5.32 Å². The number of carbonyl (C=O) groups is 1. The maximum Gasteiger partial charge on any atom is 0.220 e. The summed E-state index contributed by atoms with van der Waals surface area (Å²) in [5, 5.41) is 4.54. The molecule has 3 aromatic rings. The van der Waals surface area contributed by atoms with E-state index >= 15 is 0 Å². The first-order valence-electron chi connectivity index (χ1n) is 10.9. The van der Waals surface area contributed by atoms with E-state index in [9.17, 15) is 4.79 Å². The van der Waals surface area contributed by atoms with Crippen molar-refractivity contribution in [1.82, 2.24) is 15.2 Å². The van der Waals surface area contributed by atoms with E-state index in [1.807, 2.05) is 12.3 Å². The molecule has 1 saturated heterocycles. The standard InChI is InChI=1S/C25H29N3O/c29-25(12-11-20-16-26-24-10-4-3-9-23(20)24)27-21-8-5-13-28(17-21)22-14-18-6-1-2-7-19(18)15-22/h1-4,6-7,9-10,16,21-22,26H,5,8,11-15,17H2,(H,27,29). The summed E-state index contributed by atoms with van der Waals surface area (Å²) in [4.78, 5) is 18.5. The van der Waals surface area contributed by atoms with Gasteiger partial charge >= 0.3 is 0 Å². The van der Waals surface area contributed by atoms with E-state index in [1.54, 1.807) is 0 Å². The number of nitrogens with zero attached hydrogens (tertiary/aromatic N) is 1. The fourth-order valence-electron chi connectivity index (χ4n) is 5.14. The highest BCUT2D eigenvalue weighted by Gasteiger charge is 2.30. The lowest BCUT2D eigenvalue weighted by Gasteiger charge is -2.37. The third-order valence-electron chi connectivity index (χ3n) is 6.66. The summed E-state index contributed by atoms with van der Waals surface area (Å²) in [5.74, 6) is 0.178. The van der Waals surface area contributed by atoms with Gasteiger partial charge in [0, 0.05) is 42.1 Å². The van der Waals surface area contributed by atoms with E-state index in [1.165, 1.54) is 28.5 Å². The number of rotatable bonds is 5. The Balaban J connectivity index is 1.14. The van der Waals surface area contributed by atoms with E-state index in [0.29, 0.717) is 12.5 Å². The largest absolute Gasteiger partial charge is 0.361 e. The zero-order chi connectivity index (χ0) is 19.6. The molecule has 4 nitrogen and oxygen atoms in total. The topological polar surface area (TPSA) is 48.1 Å². The second-order valence-corrected chi connectivity index (χ2v) is 8.59. The lowest BCUT2D eigenvalue weighted by Crippen LogP contribution is -2.51. The third kappa shape index (κ3) is 3.95. The average Bonchev–Trinajstić information content (AvgIpc) is 3.37. The molecule has 0 spiro atoms. The first-order valence-corrected chi connectivity index (χ1v) is 10.9. The molecule has 1 atom stereocenters. The second kappa shape index (κ2) is 8.03. The van der Waals surface area contributed by atoms with Gasteiger partial charge in [0.25, 0.3) is 0 Å². The van der Waals surface area contributed by atoms with Crippen LogP contribution in [-0.4, -0.2) is 41.0 Å². The molecule has 1 aliphatic carbocycles. The lowest BCUT2D eigenvalue weighted by molar-refractivity contribution is -0.122. The van der Waals surface area contributed by atoms with Crippen LogP contribution in [-0.2, 0) is 24.1 Å². The van der Waals surface area contributed by atoms with E-state index < -0.39 is 0 Å². The number of amides is 1. The predicted molar refractivity (Wildman–Crippen MR) is 117 cm³/mol. The normalized spacial score (nSPS) is 20.1. The summed E-state index contributed by atoms with van der Waals surface area (Å²) in [6.45, 7) is 2.14. The monoisotopic (exact) mass is 387 g/mol. The van der Waals surface area contributed by atoms with Gasteiger partial charge in [-0.1, -0.05) is 42.5 Å². The average molecular weight is 388 g/mol.